The first-order valence-corrected chi connectivity index (χ1v) is 7.93. The number of carbonyl (C=O) groups excluding carboxylic acids is 1. The summed E-state index contributed by atoms with van der Waals surface area (Å²) in [5.74, 6) is -0.951. The Balaban J connectivity index is 1.64. The average molecular weight is 332 g/mol. The number of aromatic nitrogens is 2. The number of halogens is 2. The van der Waals surface area contributed by atoms with E-state index < -0.39 is 17.5 Å². The highest BCUT2D eigenvalue weighted by atomic mass is 19.1. The Labute approximate surface area is 138 Å². The maximum absolute atomic E-state index is 13.6. The summed E-state index contributed by atoms with van der Waals surface area (Å²) in [4.78, 5) is 22.8. The first-order chi connectivity index (χ1) is 11.6. The van der Waals surface area contributed by atoms with Crippen LogP contribution < -0.4 is 10.2 Å². The van der Waals surface area contributed by atoms with Crippen LogP contribution in [0, 0.1) is 11.6 Å². The van der Waals surface area contributed by atoms with Crippen LogP contribution in [-0.4, -0.2) is 29.0 Å². The van der Waals surface area contributed by atoms with E-state index in [2.05, 4.69) is 20.2 Å². The van der Waals surface area contributed by atoms with E-state index in [0.29, 0.717) is 11.9 Å². The van der Waals surface area contributed by atoms with Gasteiger partial charge in [-0.3, -0.25) is 4.79 Å². The zero-order valence-corrected chi connectivity index (χ0v) is 13.1. The van der Waals surface area contributed by atoms with Gasteiger partial charge in [0.25, 0.3) is 5.91 Å². The lowest BCUT2D eigenvalue weighted by atomic mass is 10.1. The number of hydrogen-bond donors (Lipinski definition) is 1. The molecular weight excluding hydrogens is 314 g/mol. The Morgan fingerprint density at radius 1 is 1.17 bits per heavy atom. The van der Waals surface area contributed by atoms with Crippen molar-refractivity contribution in [3.05, 3.63) is 53.5 Å². The van der Waals surface area contributed by atoms with E-state index in [1.807, 2.05) is 6.07 Å². The van der Waals surface area contributed by atoms with E-state index >= 15 is 0 Å². The molecule has 3 rings (SSSR count). The molecule has 1 amide bonds. The van der Waals surface area contributed by atoms with E-state index in [9.17, 15) is 13.6 Å². The molecular formula is C17H18F2N4O. The van der Waals surface area contributed by atoms with Gasteiger partial charge in [0.2, 0.25) is 0 Å². The summed E-state index contributed by atoms with van der Waals surface area (Å²) in [6, 6.07) is 4.69. The van der Waals surface area contributed by atoms with E-state index in [1.54, 1.807) is 6.20 Å². The van der Waals surface area contributed by atoms with Gasteiger partial charge in [-0.1, -0.05) is 0 Å². The molecule has 0 atom stereocenters. The average Bonchev–Trinajstić information content (AvgIpc) is 2.61. The van der Waals surface area contributed by atoms with Gasteiger partial charge in [0.15, 0.2) is 0 Å². The molecule has 1 aliphatic heterocycles. The Kier molecular flexibility index (Phi) is 4.98. The van der Waals surface area contributed by atoms with Gasteiger partial charge in [-0.15, -0.1) is 0 Å². The summed E-state index contributed by atoms with van der Waals surface area (Å²) in [7, 11) is 0. The van der Waals surface area contributed by atoms with Gasteiger partial charge in [-0.2, -0.15) is 0 Å². The zero-order valence-electron chi connectivity index (χ0n) is 13.1. The fourth-order valence-electron chi connectivity index (χ4n) is 2.70. The van der Waals surface area contributed by atoms with Gasteiger partial charge in [0.05, 0.1) is 12.1 Å². The van der Waals surface area contributed by atoms with Crippen molar-refractivity contribution in [2.24, 2.45) is 0 Å². The lowest BCUT2D eigenvalue weighted by Crippen LogP contribution is -2.31. The molecule has 24 heavy (non-hydrogen) atoms. The van der Waals surface area contributed by atoms with Gasteiger partial charge >= 0.3 is 0 Å². The van der Waals surface area contributed by atoms with Gasteiger partial charge in [-0.05, 0) is 37.5 Å². The second-order valence-corrected chi connectivity index (χ2v) is 5.69. The minimum atomic E-state index is -0.893. The van der Waals surface area contributed by atoms with Crippen molar-refractivity contribution >= 4 is 11.7 Å². The number of benzene rings is 1. The van der Waals surface area contributed by atoms with Gasteiger partial charge in [0, 0.05) is 25.4 Å². The minimum absolute atomic E-state index is 0.0807. The third-order valence-electron chi connectivity index (χ3n) is 3.95. The third-order valence-corrected chi connectivity index (χ3v) is 3.95. The Hall–Kier alpha value is -2.57. The van der Waals surface area contributed by atoms with Crippen molar-refractivity contribution in [1.29, 1.82) is 0 Å². The largest absolute Gasteiger partial charge is 0.357 e. The van der Waals surface area contributed by atoms with Crippen molar-refractivity contribution in [3.8, 4) is 0 Å². The highest BCUT2D eigenvalue weighted by molar-refractivity contribution is 5.94. The zero-order chi connectivity index (χ0) is 16.9. The number of nitrogens with one attached hydrogen (secondary N) is 1. The van der Waals surface area contributed by atoms with E-state index in [4.69, 9.17) is 0 Å². The molecule has 0 unspecified atom stereocenters. The van der Waals surface area contributed by atoms with Gasteiger partial charge in [0.1, 0.15) is 23.3 Å². The fourth-order valence-corrected chi connectivity index (χ4v) is 2.70. The Bertz CT molecular complexity index is 732. The second-order valence-electron chi connectivity index (χ2n) is 5.69. The molecule has 0 radical (unpaired) electrons. The van der Waals surface area contributed by atoms with Crippen LogP contribution in [0.2, 0.25) is 0 Å². The van der Waals surface area contributed by atoms with Crippen molar-refractivity contribution in [2.75, 3.05) is 18.0 Å². The van der Waals surface area contributed by atoms with Crippen LogP contribution in [0.15, 0.2) is 30.5 Å². The van der Waals surface area contributed by atoms with Crippen molar-refractivity contribution in [1.82, 2.24) is 15.3 Å². The summed E-state index contributed by atoms with van der Waals surface area (Å²) < 4.78 is 26.5. The third kappa shape index (κ3) is 3.84. The maximum atomic E-state index is 13.6. The van der Waals surface area contributed by atoms with E-state index in [-0.39, 0.29) is 12.1 Å². The van der Waals surface area contributed by atoms with Crippen LogP contribution in [0.5, 0.6) is 0 Å². The molecule has 2 heterocycles. The van der Waals surface area contributed by atoms with Gasteiger partial charge < -0.3 is 10.2 Å². The molecule has 1 aromatic heterocycles. The molecule has 1 fully saturated rings. The van der Waals surface area contributed by atoms with Gasteiger partial charge in [-0.25, -0.2) is 18.7 Å². The lowest BCUT2D eigenvalue weighted by Gasteiger charge is -2.27. The summed E-state index contributed by atoms with van der Waals surface area (Å²) >= 11 is 0. The van der Waals surface area contributed by atoms with E-state index in [1.165, 1.54) is 6.42 Å². The summed E-state index contributed by atoms with van der Waals surface area (Å²) in [5, 5.41) is 2.56. The fraction of sp³-hybridized carbons (Fsp3) is 0.353. The van der Waals surface area contributed by atoms with Crippen molar-refractivity contribution < 1.29 is 13.6 Å². The SMILES string of the molecule is O=C(NCc1nccc(N2CCCCC2)n1)c1ccc(F)cc1F. The monoisotopic (exact) mass is 332 g/mol. The number of piperidine rings is 1. The van der Waals surface area contributed by atoms with Crippen LogP contribution in [0.25, 0.3) is 0 Å². The first-order valence-electron chi connectivity index (χ1n) is 7.93. The molecule has 1 aliphatic rings. The van der Waals surface area contributed by atoms with Crippen LogP contribution >= 0.6 is 0 Å². The smallest absolute Gasteiger partial charge is 0.254 e. The molecule has 0 saturated carbocycles. The highest BCUT2D eigenvalue weighted by Gasteiger charge is 2.15. The molecule has 126 valence electrons. The Morgan fingerprint density at radius 3 is 2.71 bits per heavy atom. The maximum Gasteiger partial charge on any atom is 0.254 e. The number of amides is 1. The highest BCUT2D eigenvalue weighted by Crippen LogP contribution is 2.17. The molecule has 5 nitrogen and oxygen atoms in total. The van der Waals surface area contributed by atoms with Crippen LogP contribution in [0.3, 0.4) is 0 Å². The van der Waals surface area contributed by atoms with Crippen LogP contribution in [0.4, 0.5) is 14.6 Å². The number of carbonyl (C=O) groups is 1. The molecule has 1 aromatic carbocycles. The number of hydrogen-bond acceptors (Lipinski definition) is 4. The summed E-state index contributed by atoms with van der Waals surface area (Å²) in [6.45, 7) is 2.00. The quantitative estimate of drug-likeness (QED) is 0.935. The Morgan fingerprint density at radius 2 is 1.96 bits per heavy atom. The lowest BCUT2D eigenvalue weighted by molar-refractivity contribution is 0.0945. The molecule has 1 saturated heterocycles. The standard InChI is InChI=1S/C17H18F2N4O/c18-12-4-5-13(14(19)10-12)17(24)21-11-15-20-7-6-16(22-15)23-8-2-1-3-9-23/h4-7,10H,1-3,8-9,11H2,(H,21,24). The second kappa shape index (κ2) is 7.33. The predicted molar refractivity (Wildman–Crippen MR) is 85.6 cm³/mol. The van der Waals surface area contributed by atoms with Crippen LogP contribution in [-0.2, 0) is 6.54 Å². The molecule has 1 N–H and O–H groups in total. The molecule has 2 aromatic rings. The predicted octanol–water partition coefficient (Wildman–Crippen LogP) is 2.68. The van der Waals surface area contributed by atoms with Crippen molar-refractivity contribution in [2.45, 2.75) is 25.8 Å². The first kappa shape index (κ1) is 16.3. The topological polar surface area (TPSA) is 58.1 Å². The molecule has 0 spiro atoms. The van der Waals surface area contributed by atoms with Crippen molar-refractivity contribution in [3.63, 3.8) is 0 Å². The summed E-state index contributed by atoms with van der Waals surface area (Å²) in [6.07, 6.45) is 5.16. The van der Waals surface area contributed by atoms with E-state index in [0.717, 1.165) is 43.9 Å². The van der Waals surface area contributed by atoms with Crippen LogP contribution in [0.1, 0.15) is 35.4 Å². The molecule has 0 aliphatic carbocycles. The normalized spacial score (nSPS) is 14.5. The minimum Gasteiger partial charge on any atom is -0.357 e. The molecule has 7 heteroatoms. The number of nitrogens with zero attached hydrogens (tertiary/aromatic N) is 3. The summed E-state index contributed by atoms with van der Waals surface area (Å²) in [5.41, 5.74) is -0.205. The molecule has 0 bridgehead atoms. The number of anilines is 1. The number of rotatable bonds is 4.